The number of nitrogens with two attached hydrogens (primary N) is 1. The first-order valence-corrected chi connectivity index (χ1v) is 6.11. The number of nitrogen functional groups attached to an aromatic ring is 1. The highest BCUT2D eigenvalue weighted by molar-refractivity contribution is 5.82. The normalized spacial score (nSPS) is 10.9. The van der Waals surface area contributed by atoms with Crippen molar-refractivity contribution in [3.8, 4) is 11.4 Å². The second-order valence-electron chi connectivity index (χ2n) is 4.38. The van der Waals surface area contributed by atoms with E-state index in [4.69, 9.17) is 5.73 Å². The Morgan fingerprint density at radius 1 is 1.17 bits per heavy atom. The Bertz CT molecular complexity index is 698. The molecule has 3 N–H and O–H groups in total. The molecule has 0 fully saturated rings. The van der Waals surface area contributed by atoms with E-state index in [0.717, 1.165) is 34.5 Å². The molecule has 0 radical (unpaired) electrons. The molecule has 0 aliphatic rings. The van der Waals surface area contributed by atoms with Crippen LogP contribution in [-0.4, -0.2) is 9.97 Å². The number of aryl methyl sites for hydroxylation is 1. The fraction of sp³-hybridized carbons (Fsp3) is 0.133. The third-order valence-electron chi connectivity index (χ3n) is 3.17. The Balaban J connectivity index is 2.17. The number of rotatable bonds is 2. The van der Waals surface area contributed by atoms with E-state index in [0.29, 0.717) is 0 Å². The lowest BCUT2D eigenvalue weighted by Crippen LogP contribution is -1.90. The van der Waals surface area contributed by atoms with Gasteiger partial charge in [0.1, 0.15) is 5.82 Å². The van der Waals surface area contributed by atoms with Crippen LogP contribution < -0.4 is 5.73 Å². The molecule has 0 aliphatic carbocycles. The van der Waals surface area contributed by atoms with E-state index in [-0.39, 0.29) is 0 Å². The van der Waals surface area contributed by atoms with E-state index >= 15 is 0 Å². The first kappa shape index (κ1) is 10.8. The van der Waals surface area contributed by atoms with Crippen LogP contribution >= 0.6 is 0 Å². The van der Waals surface area contributed by atoms with Crippen molar-refractivity contribution < 1.29 is 0 Å². The molecule has 0 saturated heterocycles. The second kappa shape index (κ2) is 4.18. The molecule has 0 saturated carbocycles. The maximum absolute atomic E-state index is 5.97. The molecule has 2 aromatic carbocycles. The molecule has 0 amide bonds. The smallest absolute Gasteiger partial charge is 0.140 e. The molecule has 1 aromatic heterocycles. The zero-order chi connectivity index (χ0) is 12.5. The Kier molecular flexibility index (Phi) is 2.52. The molecule has 18 heavy (non-hydrogen) atoms. The summed E-state index contributed by atoms with van der Waals surface area (Å²) >= 11 is 0. The van der Waals surface area contributed by atoms with Crippen molar-refractivity contribution in [3.05, 3.63) is 48.0 Å². The number of imidazole rings is 1. The lowest BCUT2D eigenvalue weighted by molar-refractivity contribution is 1.14. The molecule has 90 valence electrons. The fourth-order valence-electron chi connectivity index (χ4n) is 2.12. The average molecular weight is 237 g/mol. The predicted octanol–water partition coefficient (Wildman–Crippen LogP) is 3.37. The summed E-state index contributed by atoms with van der Waals surface area (Å²) in [6.45, 7) is 2.15. The zero-order valence-corrected chi connectivity index (χ0v) is 10.3. The number of H-pyrrole nitrogens is 1. The Morgan fingerprint density at radius 3 is 2.78 bits per heavy atom. The van der Waals surface area contributed by atoms with Gasteiger partial charge in [-0.1, -0.05) is 25.1 Å². The molecule has 3 nitrogen and oxygen atoms in total. The van der Waals surface area contributed by atoms with Crippen LogP contribution in [0.25, 0.3) is 22.4 Å². The van der Waals surface area contributed by atoms with Gasteiger partial charge in [-0.05, 0) is 36.2 Å². The maximum atomic E-state index is 5.97. The van der Waals surface area contributed by atoms with E-state index in [1.165, 1.54) is 5.56 Å². The fourth-order valence-corrected chi connectivity index (χ4v) is 2.12. The average Bonchev–Trinajstić information content (AvgIpc) is 2.81. The number of fused-ring (bicyclic) bond motifs is 1. The number of hydrogen-bond acceptors (Lipinski definition) is 2. The molecule has 0 bridgehead atoms. The number of para-hydroxylation sites is 1. The summed E-state index contributed by atoms with van der Waals surface area (Å²) in [5.74, 6) is 0.830. The largest absolute Gasteiger partial charge is 0.398 e. The highest BCUT2D eigenvalue weighted by Crippen LogP contribution is 2.25. The van der Waals surface area contributed by atoms with Gasteiger partial charge < -0.3 is 10.7 Å². The Labute approximate surface area is 106 Å². The molecular weight excluding hydrogens is 222 g/mol. The van der Waals surface area contributed by atoms with Crippen molar-refractivity contribution in [2.24, 2.45) is 0 Å². The van der Waals surface area contributed by atoms with Gasteiger partial charge in [-0.2, -0.15) is 0 Å². The van der Waals surface area contributed by atoms with Crippen molar-refractivity contribution in [1.82, 2.24) is 9.97 Å². The van der Waals surface area contributed by atoms with Gasteiger partial charge in [0, 0.05) is 11.3 Å². The van der Waals surface area contributed by atoms with Crippen LogP contribution in [0.5, 0.6) is 0 Å². The third-order valence-corrected chi connectivity index (χ3v) is 3.17. The van der Waals surface area contributed by atoms with Crippen LogP contribution in [0.4, 0.5) is 5.69 Å². The van der Waals surface area contributed by atoms with Crippen LogP contribution in [0, 0.1) is 0 Å². The SMILES string of the molecule is CCc1ccc2nc(-c3ccccc3N)[nH]c2c1. The zero-order valence-electron chi connectivity index (χ0n) is 10.3. The number of aromatic amines is 1. The number of nitrogens with one attached hydrogen (secondary N) is 1. The van der Waals surface area contributed by atoms with Crippen LogP contribution in [0.2, 0.25) is 0 Å². The van der Waals surface area contributed by atoms with Crippen LogP contribution in [0.3, 0.4) is 0 Å². The lowest BCUT2D eigenvalue weighted by atomic mass is 10.1. The predicted molar refractivity (Wildman–Crippen MR) is 75.3 cm³/mol. The standard InChI is InChI=1S/C15H15N3/c1-2-10-7-8-13-14(9-10)18-15(17-13)11-5-3-4-6-12(11)16/h3-9H,2,16H2,1H3,(H,17,18). The number of nitrogens with zero attached hydrogens (tertiary/aromatic N) is 1. The van der Waals surface area contributed by atoms with E-state index in [9.17, 15) is 0 Å². The van der Waals surface area contributed by atoms with Crippen LogP contribution in [0.15, 0.2) is 42.5 Å². The van der Waals surface area contributed by atoms with Crippen molar-refractivity contribution in [2.45, 2.75) is 13.3 Å². The molecule has 0 aliphatic heterocycles. The minimum absolute atomic E-state index is 0.743. The molecule has 3 rings (SSSR count). The summed E-state index contributed by atoms with van der Waals surface area (Å²) in [5.41, 5.74) is 11.0. The molecule has 0 spiro atoms. The third kappa shape index (κ3) is 1.74. The first-order chi connectivity index (χ1) is 8.78. The van der Waals surface area contributed by atoms with Gasteiger partial charge in [0.25, 0.3) is 0 Å². The number of aromatic nitrogens is 2. The van der Waals surface area contributed by atoms with Gasteiger partial charge in [0.2, 0.25) is 0 Å². The Hall–Kier alpha value is -2.29. The molecular formula is C15H15N3. The van der Waals surface area contributed by atoms with Gasteiger partial charge in [-0.15, -0.1) is 0 Å². The second-order valence-corrected chi connectivity index (χ2v) is 4.38. The van der Waals surface area contributed by atoms with E-state index in [2.05, 4.69) is 29.0 Å². The van der Waals surface area contributed by atoms with Gasteiger partial charge in [-0.25, -0.2) is 4.98 Å². The van der Waals surface area contributed by atoms with E-state index < -0.39 is 0 Å². The summed E-state index contributed by atoms with van der Waals surface area (Å²) in [7, 11) is 0. The summed E-state index contributed by atoms with van der Waals surface area (Å²) in [6, 6.07) is 14.1. The summed E-state index contributed by atoms with van der Waals surface area (Å²) in [6.07, 6.45) is 1.03. The maximum Gasteiger partial charge on any atom is 0.140 e. The monoisotopic (exact) mass is 237 g/mol. The molecule has 0 atom stereocenters. The summed E-state index contributed by atoms with van der Waals surface area (Å²) in [4.78, 5) is 7.92. The quantitative estimate of drug-likeness (QED) is 0.671. The number of hydrogen-bond donors (Lipinski definition) is 2. The van der Waals surface area contributed by atoms with Crippen LogP contribution in [0.1, 0.15) is 12.5 Å². The summed E-state index contributed by atoms with van der Waals surface area (Å²) < 4.78 is 0. The molecule has 3 aromatic rings. The topological polar surface area (TPSA) is 54.7 Å². The minimum Gasteiger partial charge on any atom is -0.398 e. The number of anilines is 1. The van der Waals surface area contributed by atoms with Gasteiger partial charge in [-0.3, -0.25) is 0 Å². The number of benzene rings is 2. The lowest BCUT2D eigenvalue weighted by Gasteiger charge is -2.00. The highest BCUT2D eigenvalue weighted by atomic mass is 14.9. The van der Waals surface area contributed by atoms with Crippen LogP contribution in [-0.2, 0) is 6.42 Å². The van der Waals surface area contributed by atoms with Crippen molar-refractivity contribution in [3.63, 3.8) is 0 Å². The van der Waals surface area contributed by atoms with Gasteiger partial charge >= 0.3 is 0 Å². The molecule has 1 heterocycles. The van der Waals surface area contributed by atoms with E-state index in [1.807, 2.05) is 30.3 Å². The van der Waals surface area contributed by atoms with Gasteiger partial charge in [0.15, 0.2) is 0 Å². The minimum atomic E-state index is 0.743. The summed E-state index contributed by atoms with van der Waals surface area (Å²) in [5, 5.41) is 0. The molecule has 3 heteroatoms. The first-order valence-electron chi connectivity index (χ1n) is 6.11. The molecule has 0 unspecified atom stereocenters. The Morgan fingerprint density at radius 2 is 2.00 bits per heavy atom. The highest BCUT2D eigenvalue weighted by Gasteiger charge is 2.07. The van der Waals surface area contributed by atoms with Crippen molar-refractivity contribution in [2.75, 3.05) is 5.73 Å². The van der Waals surface area contributed by atoms with E-state index in [1.54, 1.807) is 0 Å². The van der Waals surface area contributed by atoms with Gasteiger partial charge in [0.05, 0.1) is 11.0 Å². The van der Waals surface area contributed by atoms with Crippen molar-refractivity contribution >= 4 is 16.7 Å². The van der Waals surface area contributed by atoms with Crippen molar-refractivity contribution in [1.29, 1.82) is 0 Å².